The van der Waals surface area contributed by atoms with Crippen molar-refractivity contribution in [3.05, 3.63) is 35.2 Å². The molecular weight excluding hydrogens is 352 g/mol. The first-order valence-corrected chi connectivity index (χ1v) is 9.78. The molecule has 1 saturated heterocycles. The van der Waals surface area contributed by atoms with Gasteiger partial charge in [0.15, 0.2) is 10.9 Å². The second-order valence-corrected chi connectivity index (χ2v) is 7.89. The van der Waals surface area contributed by atoms with E-state index in [1.807, 2.05) is 12.3 Å². The molecule has 2 aromatic rings. The number of amides is 2. The van der Waals surface area contributed by atoms with E-state index in [-0.39, 0.29) is 11.8 Å². The van der Waals surface area contributed by atoms with Gasteiger partial charge in [-0.05, 0) is 44.7 Å². The number of hydrogen-bond acceptors (Lipinski definition) is 6. The SMILES string of the molecule is Cc1ccc(C(=O)N2CCC(Nc3nccs3)(C(=O)NC3CC3)CC2)o1. The van der Waals surface area contributed by atoms with E-state index in [2.05, 4.69) is 15.6 Å². The Morgan fingerprint density at radius 1 is 1.31 bits per heavy atom. The van der Waals surface area contributed by atoms with Gasteiger partial charge in [-0.2, -0.15) is 0 Å². The smallest absolute Gasteiger partial charge is 0.289 e. The summed E-state index contributed by atoms with van der Waals surface area (Å²) < 4.78 is 5.45. The molecule has 138 valence electrons. The number of aryl methyl sites for hydroxylation is 1. The van der Waals surface area contributed by atoms with Gasteiger partial charge in [-0.1, -0.05) is 0 Å². The zero-order chi connectivity index (χ0) is 18.1. The van der Waals surface area contributed by atoms with Crippen LogP contribution in [0.4, 0.5) is 5.13 Å². The molecule has 0 atom stereocenters. The Labute approximate surface area is 155 Å². The van der Waals surface area contributed by atoms with Gasteiger partial charge in [-0.3, -0.25) is 9.59 Å². The molecule has 2 fully saturated rings. The van der Waals surface area contributed by atoms with Crippen molar-refractivity contribution >= 4 is 28.3 Å². The molecule has 2 N–H and O–H groups in total. The first-order chi connectivity index (χ1) is 12.6. The van der Waals surface area contributed by atoms with E-state index in [9.17, 15) is 9.59 Å². The number of nitrogens with one attached hydrogen (secondary N) is 2. The molecule has 3 heterocycles. The fourth-order valence-corrected chi connectivity index (χ4v) is 3.87. The molecule has 0 spiro atoms. The van der Waals surface area contributed by atoms with E-state index >= 15 is 0 Å². The van der Waals surface area contributed by atoms with Crippen molar-refractivity contribution in [1.82, 2.24) is 15.2 Å². The minimum absolute atomic E-state index is 0.0103. The first kappa shape index (κ1) is 17.1. The Kier molecular flexibility index (Phi) is 4.44. The van der Waals surface area contributed by atoms with Gasteiger partial charge < -0.3 is 20.0 Å². The second-order valence-electron chi connectivity index (χ2n) is 6.99. The van der Waals surface area contributed by atoms with Crippen molar-refractivity contribution in [3.8, 4) is 0 Å². The molecule has 2 aliphatic rings. The number of nitrogens with zero attached hydrogens (tertiary/aromatic N) is 2. The van der Waals surface area contributed by atoms with Crippen molar-refractivity contribution in [2.75, 3.05) is 18.4 Å². The third-order valence-corrected chi connectivity index (χ3v) is 5.67. The summed E-state index contributed by atoms with van der Waals surface area (Å²) in [6.45, 7) is 2.81. The lowest BCUT2D eigenvalue weighted by Crippen LogP contribution is -2.59. The maximum Gasteiger partial charge on any atom is 0.289 e. The molecule has 4 rings (SSSR count). The molecule has 0 radical (unpaired) electrons. The van der Waals surface area contributed by atoms with Crippen LogP contribution in [0.2, 0.25) is 0 Å². The van der Waals surface area contributed by atoms with Crippen LogP contribution in [0.15, 0.2) is 28.1 Å². The van der Waals surface area contributed by atoms with Crippen molar-refractivity contribution in [2.24, 2.45) is 0 Å². The molecule has 1 aliphatic heterocycles. The molecule has 26 heavy (non-hydrogen) atoms. The Hall–Kier alpha value is -2.35. The molecule has 7 nitrogen and oxygen atoms in total. The van der Waals surface area contributed by atoms with Gasteiger partial charge in [-0.15, -0.1) is 11.3 Å². The minimum Gasteiger partial charge on any atom is -0.456 e. The number of hydrogen-bond donors (Lipinski definition) is 2. The van der Waals surface area contributed by atoms with Gasteiger partial charge in [0.25, 0.3) is 5.91 Å². The number of thiazole rings is 1. The average Bonchev–Trinajstić information content (AvgIpc) is 3.11. The van der Waals surface area contributed by atoms with E-state index in [1.165, 1.54) is 11.3 Å². The van der Waals surface area contributed by atoms with Crippen LogP contribution in [0.1, 0.15) is 42.0 Å². The lowest BCUT2D eigenvalue weighted by Gasteiger charge is -2.40. The topological polar surface area (TPSA) is 87.5 Å². The molecule has 8 heteroatoms. The van der Waals surface area contributed by atoms with Crippen LogP contribution in [0, 0.1) is 6.92 Å². The van der Waals surface area contributed by atoms with Crippen molar-refractivity contribution in [3.63, 3.8) is 0 Å². The fourth-order valence-electron chi connectivity index (χ4n) is 3.25. The molecule has 1 saturated carbocycles. The predicted octanol–water partition coefficient (Wildman–Crippen LogP) is 2.41. The van der Waals surface area contributed by atoms with Crippen LogP contribution in [-0.4, -0.2) is 46.4 Å². The van der Waals surface area contributed by atoms with E-state index in [0.717, 1.165) is 18.0 Å². The number of carbonyl (C=O) groups excluding carboxylic acids is 2. The molecule has 1 aliphatic carbocycles. The van der Waals surface area contributed by atoms with Gasteiger partial charge in [0.05, 0.1) is 0 Å². The zero-order valence-corrected chi connectivity index (χ0v) is 15.5. The molecule has 0 unspecified atom stereocenters. The number of likely N-dealkylation sites (tertiary alicyclic amines) is 1. The van der Waals surface area contributed by atoms with Crippen molar-refractivity contribution in [1.29, 1.82) is 0 Å². The summed E-state index contributed by atoms with van der Waals surface area (Å²) in [6.07, 6.45) is 4.88. The standard InChI is InChI=1S/C18H22N4O3S/c1-12-2-5-14(25-12)15(23)22-9-6-18(7-10-22,16(24)20-13-3-4-13)21-17-19-8-11-26-17/h2,5,8,11,13H,3-4,6-7,9-10H2,1H3,(H,19,21)(H,20,24). The van der Waals surface area contributed by atoms with E-state index in [1.54, 1.807) is 23.2 Å². The highest BCUT2D eigenvalue weighted by Gasteiger charge is 2.44. The van der Waals surface area contributed by atoms with Crippen LogP contribution in [0.5, 0.6) is 0 Å². The summed E-state index contributed by atoms with van der Waals surface area (Å²) in [5, 5.41) is 9.07. The number of piperidine rings is 1. The Morgan fingerprint density at radius 3 is 2.65 bits per heavy atom. The zero-order valence-electron chi connectivity index (χ0n) is 14.7. The largest absolute Gasteiger partial charge is 0.456 e. The number of furan rings is 1. The van der Waals surface area contributed by atoms with Gasteiger partial charge in [-0.25, -0.2) is 4.98 Å². The average molecular weight is 374 g/mol. The van der Waals surface area contributed by atoms with Crippen LogP contribution >= 0.6 is 11.3 Å². The summed E-state index contributed by atoms with van der Waals surface area (Å²) in [4.78, 5) is 31.6. The van der Waals surface area contributed by atoms with Crippen LogP contribution in [0.3, 0.4) is 0 Å². The van der Waals surface area contributed by atoms with Gasteiger partial charge >= 0.3 is 0 Å². The van der Waals surface area contributed by atoms with Crippen molar-refractivity contribution < 1.29 is 14.0 Å². The lowest BCUT2D eigenvalue weighted by atomic mass is 9.86. The number of rotatable bonds is 5. The first-order valence-electron chi connectivity index (χ1n) is 8.90. The Balaban J connectivity index is 1.47. The Morgan fingerprint density at radius 2 is 2.08 bits per heavy atom. The van der Waals surface area contributed by atoms with E-state index in [0.29, 0.717) is 43.5 Å². The molecular formula is C18H22N4O3S. The normalized spacial score (nSPS) is 19.2. The Bertz CT molecular complexity index is 789. The quantitative estimate of drug-likeness (QED) is 0.839. The van der Waals surface area contributed by atoms with Crippen LogP contribution in [0.25, 0.3) is 0 Å². The summed E-state index contributed by atoms with van der Waals surface area (Å²) in [7, 11) is 0. The predicted molar refractivity (Wildman–Crippen MR) is 98.2 cm³/mol. The molecule has 2 aromatic heterocycles. The maximum atomic E-state index is 12.9. The molecule has 0 aromatic carbocycles. The van der Waals surface area contributed by atoms with E-state index < -0.39 is 5.54 Å². The summed E-state index contributed by atoms with van der Waals surface area (Å²) in [5.74, 6) is 0.957. The van der Waals surface area contributed by atoms with Crippen LogP contribution < -0.4 is 10.6 Å². The third-order valence-electron chi connectivity index (χ3n) is 4.98. The summed E-state index contributed by atoms with van der Waals surface area (Å²) in [5.41, 5.74) is -0.726. The number of aromatic nitrogens is 1. The summed E-state index contributed by atoms with van der Waals surface area (Å²) >= 11 is 1.48. The highest BCUT2D eigenvalue weighted by atomic mass is 32.1. The van der Waals surface area contributed by atoms with Crippen LogP contribution in [-0.2, 0) is 4.79 Å². The monoisotopic (exact) mass is 374 g/mol. The number of anilines is 1. The molecule has 2 amide bonds. The van der Waals surface area contributed by atoms with Gasteiger partial charge in [0.1, 0.15) is 11.3 Å². The number of carbonyl (C=O) groups is 2. The van der Waals surface area contributed by atoms with Gasteiger partial charge in [0.2, 0.25) is 5.91 Å². The second kappa shape index (κ2) is 6.75. The van der Waals surface area contributed by atoms with E-state index in [4.69, 9.17) is 4.42 Å². The highest BCUT2D eigenvalue weighted by Crippen LogP contribution is 2.31. The highest BCUT2D eigenvalue weighted by molar-refractivity contribution is 7.13. The fraction of sp³-hybridized carbons (Fsp3) is 0.500. The summed E-state index contributed by atoms with van der Waals surface area (Å²) in [6, 6.07) is 3.78. The lowest BCUT2D eigenvalue weighted by molar-refractivity contribution is -0.127. The van der Waals surface area contributed by atoms with Gasteiger partial charge in [0, 0.05) is 30.7 Å². The minimum atomic E-state index is -0.726. The maximum absolute atomic E-state index is 12.9. The van der Waals surface area contributed by atoms with Crippen molar-refractivity contribution in [2.45, 2.75) is 44.2 Å². The third kappa shape index (κ3) is 3.46. The molecule has 0 bridgehead atoms.